The second-order valence-electron chi connectivity index (χ2n) is 2.86. The Morgan fingerprint density at radius 2 is 2.09 bits per heavy atom. The minimum Gasteiger partial charge on any atom is -0.307 e. The van der Waals surface area contributed by atoms with E-state index in [1.165, 1.54) is 25.7 Å². The molecule has 0 aliphatic heterocycles. The number of unbranched alkanes of at least 4 members (excludes halogenated alkanes) is 3. The lowest BCUT2D eigenvalue weighted by molar-refractivity contribution is 0.561. The van der Waals surface area contributed by atoms with Crippen LogP contribution >= 0.6 is 0 Å². The fraction of sp³-hybridized carbons (Fsp3) is 0.800. The predicted molar refractivity (Wildman–Crippen MR) is 50.4 cm³/mol. The van der Waals surface area contributed by atoms with Crippen molar-refractivity contribution in [3.8, 4) is 12.3 Å². The molecule has 0 saturated carbocycles. The Morgan fingerprint density at radius 1 is 1.36 bits per heavy atom. The topological polar surface area (TPSA) is 12.0 Å². The van der Waals surface area contributed by atoms with Gasteiger partial charge in [0.1, 0.15) is 0 Å². The Balaban J connectivity index is 3.16. The molecule has 0 bridgehead atoms. The standard InChI is InChI=1S/C10H19N/c1-4-6-7-8-9-10(5-2)11-3/h2,10-11H,4,6-9H2,1,3H3/t10-/m0/s1. The second kappa shape index (κ2) is 7.63. The molecule has 0 aromatic heterocycles. The molecule has 0 amide bonds. The summed E-state index contributed by atoms with van der Waals surface area (Å²) in [4.78, 5) is 0. The van der Waals surface area contributed by atoms with E-state index < -0.39 is 0 Å². The van der Waals surface area contributed by atoms with E-state index in [0.717, 1.165) is 6.42 Å². The molecule has 0 heterocycles. The molecule has 0 radical (unpaired) electrons. The first-order valence-corrected chi connectivity index (χ1v) is 4.48. The van der Waals surface area contributed by atoms with Crippen LogP contribution in [0.4, 0.5) is 0 Å². The van der Waals surface area contributed by atoms with Crippen LogP contribution in [0, 0.1) is 12.3 Å². The van der Waals surface area contributed by atoms with Crippen molar-refractivity contribution < 1.29 is 0 Å². The summed E-state index contributed by atoms with van der Waals surface area (Å²) in [6, 6.07) is 0.284. The van der Waals surface area contributed by atoms with Crippen LogP contribution in [-0.4, -0.2) is 13.1 Å². The van der Waals surface area contributed by atoms with Gasteiger partial charge in [-0.3, -0.25) is 0 Å². The van der Waals surface area contributed by atoms with E-state index in [9.17, 15) is 0 Å². The Bertz CT molecular complexity index is 113. The van der Waals surface area contributed by atoms with Crippen LogP contribution in [0.2, 0.25) is 0 Å². The van der Waals surface area contributed by atoms with E-state index in [-0.39, 0.29) is 6.04 Å². The van der Waals surface area contributed by atoms with Gasteiger partial charge in [0.05, 0.1) is 6.04 Å². The Morgan fingerprint density at radius 3 is 2.55 bits per heavy atom. The number of terminal acetylenes is 1. The Hall–Kier alpha value is -0.480. The molecule has 0 rings (SSSR count). The molecule has 1 atom stereocenters. The molecule has 1 nitrogen and oxygen atoms in total. The van der Waals surface area contributed by atoms with Gasteiger partial charge in [-0.25, -0.2) is 0 Å². The first-order chi connectivity index (χ1) is 5.35. The number of hydrogen-bond acceptors (Lipinski definition) is 1. The molecular weight excluding hydrogens is 134 g/mol. The van der Waals surface area contributed by atoms with Crippen molar-refractivity contribution in [1.82, 2.24) is 5.32 Å². The van der Waals surface area contributed by atoms with E-state index in [0.29, 0.717) is 0 Å². The summed E-state index contributed by atoms with van der Waals surface area (Å²) < 4.78 is 0. The summed E-state index contributed by atoms with van der Waals surface area (Å²) >= 11 is 0. The average molecular weight is 153 g/mol. The second-order valence-corrected chi connectivity index (χ2v) is 2.86. The van der Waals surface area contributed by atoms with Crippen molar-refractivity contribution in [2.45, 2.75) is 45.1 Å². The van der Waals surface area contributed by atoms with E-state index in [4.69, 9.17) is 6.42 Å². The highest BCUT2D eigenvalue weighted by Gasteiger charge is 1.98. The van der Waals surface area contributed by atoms with Gasteiger partial charge in [-0.15, -0.1) is 6.42 Å². The number of nitrogens with one attached hydrogen (secondary N) is 1. The lowest BCUT2D eigenvalue weighted by Gasteiger charge is -2.07. The summed E-state index contributed by atoms with van der Waals surface area (Å²) in [7, 11) is 1.92. The summed E-state index contributed by atoms with van der Waals surface area (Å²) in [5, 5.41) is 3.09. The molecule has 11 heavy (non-hydrogen) atoms. The Kier molecular flexibility index (Phi) is 7.29. The van der Waals surface area contributed by atoms with Crippen molar-refractivity contribution >= 4 is 0 Å². The van der Waals surface area contributed by atoms with Crippen LogP contribution in [0.15, 0.2) is 0 Å². The summed E-state index contributed by atoms with van der Waals surface area (Å²) in [5.74, 6) is 2.72. The third-order valence-electron chi connectivity index (χ3n) is 1.90. The highest BCUT2D eigenvalue weighted by Crippen LogP contribution is 2.04. The van der Waals surface area contributed by atoms with Gasteiger partial charge in [0.25, 0.3) is 0 Å². The lowest BCUT2D eigenvalue weighted by atomic mass is 10.1. The monoisotopic (exact) mass is 153 g/mol. The molecular formula is C10H19N. The van der Waals surface area contributed by atoms with Crippen LogP contribution in [0.25, 0.3) is 0 Å². The van der Waals surface area contributed by atoms with Crippen molar-refractivity contribution in [2.24, 2.45) is 0 Å². The molecule has 1 N–H and O–H groups in total. The van der Waals surface area contributed by atoms with E-state index in [2.05, 4.69) is 18.2 Å². The van der Waals surface area contributed by atoms with E-state index in [1.54, 1.807) is 0 Å². The Labute approximate surface area is 70.6 Å². The van der Waals surface area contributed by atoms with Gasteiger partial charge in [-0.2, -0.15) is 0 Å². The molecule has 0 aliphatic carbocycles. The van der Waals surface area contributed by atoms with Gasteiger partial charge in [0, 0.05) is 0 Å². The van der Waals surface area contributed by atoms with Crippen molar-refractivity contribution in [3.63, 3.8) is 0 Å². The minimum atomic E-state index is 0.284. The predicted octanol–water partition coefficient (Wildman–Crippen LogP) is 2.18. The summed E-state index contributed by atoms with van der Waals surface area (Å²) in [5.41, 5.74) is 0. The zero-order valence-electron chi connectivity index (χ0n) is 7.69. The third kappa shape index (κ3) is 5.94. The van der Waals surface area contributed by atoms with Crippen LogP contribution in [-0.2, 0) is 0 Å². The first-order valence-electron chi connectivity index (χ1n) is 4.48. The number of rotatable bonds is 6. The van der Waals surface area contributed by atoms with Crippen molar-refractivity contribution in [1.29, 1.82) is 0 Å². The first kappa shape index (κ1) is 10.5. The molecule has 0 aromatic rings. The van der Waals surface area contributed by atoms with Crippen molar-refractivity contribution in [3.05, 3.63) is 0 Å². The summed E-state index contributed by atoms with van der Waals surface area (Å²) in [6.45, 7) is 2.22. The van der Waals surface area contributed by atoms with Crippen LogP contribution in [0.5, 0.6) is 0 Å². The van der Waals surface area contributed by atoms with Crippen molar-refractivity contribution in [2.75, 3.05) is 7.05 Å². The normalized spacial score (nSPS) is 12.5. The molecule has 0 unspecified atom stereocenters. The van der Waals surface area contributed by atoms with Crippen LogP contribution in [0.3, 0.4) is 0 Å². The number of hydrogen-bond donors (Lipinski definition) is 1. The largest absolute Gasteiger partial charge is 0.307 e. The molecule has 0 saturated heterocycles. The fourth-order valence-corrected chi connectivity index (χ4v) is 1.09. The fourth-order valence-electron chi connectivity index (χ4n) is 1.09. The third-order valence-corrected chi connectivity index (χ3v) is 1.90. The minimum absolute atomic E-state index is 0.284. The van der Waals surface area contributed by atoms with Gasteiger partial charge in [-0.1, -0.05) is 38.5 Å². The maximum Gasteiger partial charge on any atom is 0.0684 e. The quantitative estimate of drug-likeness (QED) is 0.455. The van der Waals surface area contributed by atoms with E-state index in [1.807, 2.05) is 7.05 Å². The smallest absolute Gasteiger partial charge is 0.0684 e. The average Bonchev–Trinajstić information content (AvgIpc) is 2.05. The zero-order chi connectivity index (χ0) is 8.53. The molecule has 0 aliphatic rings. The molecule has 64 valence electrons. The highest BCUT2D eigenvalue weighted by atomic mass is 14.8. The van der Waals surface area contributed by atoms with Crippen LogP contribution < -0.4 is 5.32 Å². The van der Waals surface area contributed by atoms with Gasteiger partial charge < -0.3 is 5.32 Å². The van der Waals surface area contributed by atoms with E-state index >= 15 is 0 Å². The summed E-state index contributed by atoms with van der Waals surface area (Å²) in [6.07, 6.45) is 11.6. The molecule has 0 spiro atoms. The van der Waals surface area contributed by atoms with Crippen LogP contribution in [0.1, 0.15) is 39.0 Å². The molecule has 0 fully saturated rings. The van der Waals surface area contributed by atoms with Gasteiger partial charge in [-0.05, 0) is 13.5 Å². The van der Waals surface area contributed by atoms with Gasteiger partial charge in [0.2, 0.25) is 0 Å². The van der Waals surface area contributed by atoms with Gasteiger partial charge in [0.15, 0.2) is 0 Å². The lowest BCUT2D eigenvalue weighted by Crippen LogP contribution is -2.22. The zero-order valence-corrected chi connectivity index (χ0v) is 7.69. The maximum absolute atomic E-state index is 5.29. The maximum atomic E-state index is 5.29. The van der Waals surface area contributed by atoms with Gasteiger partial charge >= 0.3 is 0 Å². The molecule has 0 aromatic carbocycles. The molecule has 1 heteroatoms. The SMILES string of the molecule is C#C[C@@H](CCCCCC)NC. The highest BCUT2D eigenvalue weighted by molar-refractivity contribution is 4.97.